The van der Waals surface area contributed by atoms with Crippen molar-refractivity contribution in [1.29, 1.82) is 0 Å². The van der Waals surface area contributed by atoms with E-state index >= 15 is 0 Å². The van der Waals surface area contributed by atoms with E-state index in [9.17, 15) is 8.78 Å². The van der Waals surface area contributed by atoms with Crippen molar-refractivity contribution in [2.75, 3.05) is 0 Å². The Morgan fingerprint density at radius 1 is 0.812 bits per heavy atom. The standard InChI is InChI=1S/C29H27F2N/c1-28(2,3)26-16-24(15-22-6-4-5-7-25(22)26)27-17-21(11-13-32-27)19-8-9-23-18-29(30,31)12-10-20(23)14-19/h4-9,11,13-17H,10,12,18H2,1-3H3. The third-order valence-corrected chi connectivity index (χ3v) is 6.47. The number of benzene rings is 3. The van der Waals surface area contributed by atoms with E-state index < -0.39 is 5.92 Å². The van der Waals surface area contributed by atoms with Crippen LogP contribution < -0.4 is 0 Å². The highest BCUT2D eigenvalue weighted by Crippen LogP contribution is 2.37. The summed E-state index contributed by atoms with van der Waals surface area (Å²) in [6.45, 7) is 6.71. The van der Waals surface area contributed by atoms with Crippen LogP contribution in [0.4, 0.5) is 8.78 Å². The van der Waals surface area contributed by atoms with Crippen molar-refractivity contribution in [3.05, 3.63) is 89.6 Å². The first-order chi connectivity index (χ1) is 15.2. The summed E-state index contributed by atoms with van der Waals surface area (Å²) >= 11 is 0. The zero-order valence-corrected chi connectivity index (χ0v) is 18.8. The van der Waals surface area contributed by atoms with Crippen molar-refractivity contribution in [1.82, 2.24) is 4.98 Å². The second kappa shape index (κ2) is 7.51. The molecular weight excluding hydrogens is 400 g/mol. The van der Waals surface area contributed by atoms with Crippen LogP contribution in [0, 0.1) is 0 Å². The largest absolute Gasteiger partial charge is 0.256 e. The fraction of sp³-hybridized carbons (Fsp3) is 0.276. The summed E-state index contributed by atoms with van der Waals surface area (Å²) < 4.78 is 27.5. The first kappa shape index (κ1) is 20.8. The minimum Gasteiger partial charge on any atom is -0.256 e. The van der Waals surface area contributed by atoms with Gasteiger partial charge in [-0.1, -0.05) is 63.2 Å². The van der Waals surface area contributed by atoms with Crippen LogP contribution in [0.15, 0.2) is 72.9 Å². The zero-order chi connectivity index (χ0) is 22.5. The van der Waals surface area contributed by atoms with E-state index in [-0.39, 0.29) is 18.3 Å². The average Bonchev–Trinajstić information content (AvgIpc) is 2.77. The smallest absolute Gasteiger partial charge is 0.252 e. The van der Waals surface area contributed by atoms with Crippen molar-refractivity contribution >= 4 is 10.8 Å². The van der Waals surface area contributed by atoms with E-state index in [4.69, 9.17) is 0 Å². The number of aryl methyl sites for hydroxylation is 1. The summed E-state index contributed by atoms with van der Waals surface area (Å²) in [6, 6.07) is 22.9. The first-order valence-electron chi connectivity index (χ1n) is 11.2. The predicted octanol–water partition coefficient (Wildman–Crippen LogP) is 7.99. The van der Waals surface area contributed by atoms with Gasteiger partial charge in [-0.2, -0.15) is 0 Å². The van der Waals surface area contributed by atoms with Crippen molar-refractivity contribution < 1.29 is 8.78 Å². The van der Waals surface area contributed by atoms with Gasteiger partial charge in [0.2, 0.25) is 0 Å². The molecule has 0 radical (unpaired) electrons. The van der Waals surface area contributed by atoms with E-state index in [1.807, 2.05) is 24.4 Å². The van der Waals surface area contributed by atoms with Gasteiger partial charge in [-0.05, 0) is 74.7 Å². The monoisotopic (exact) mass is 427 g/mol. The maximum Gasteiger partial charge on any atom is 0.252 e. The molecule has 3 heteroatoms. The van der Waals surface area contributed by atoms with Gasteiger partial charge in [-0.3, -0.25) is 4.98 Å². The molecular formula is C29H27F2N. The number of alkyl halides is 2. The highest BCUT2D eigenvalue weighted by molar-refractivity contribution is 5.91. The van der Waals surface area contributed by atoms with E-state index in [2.05, 4.69) is 74.3 Å². The zero-order valence-electron chi connectivity index (χ0n) is 18.8. The lowest BCUT2D eigenvalue weighted by Crippen LogP contribution is -2.25. The highest BCUT2D eigenvalue weighted by atomic mass is 19.3. The maximum atomic E-state index is 13.8. The molecule has 0 unspecified atom stereocenters. The van der Waals surface area contributed by atoms with Gasteiger partial charge in [-0.25, -0.2) is 8.78 Å². The molecule has 1 aliphatic rings. The van der Waals surface area contributed by atoms with E-state index in [1.54, 1.807) is 0 Å². The van der Waals surface area contributed by atoms with Crippen LogP contribution in [-0.4, -0.2) is 10.9 Å². The summed E-state index contributed by atoms with van der Waals surface area (Å²) in [5, 5.41) is 2.48. The molecule has 5 rings (SSSR count). The minimum atomic E-state index is -2.58. The van der Waals surface area contributed by atoms with Crippen LogP contribution >= 0.6 is 0 Å². The molecule has 0 fully saturated rings. The second-order valence-corrected chi connectivity index (χ2v) is 9.94. The Morgan fingerprint density at radius 3 is 2.41 bits per heavy atom. The van der Waals surface area contributed by atoms with Crippen LogP contribution in [-0.2, 0) is 18.3 Å². The molecule has 3 aromatic carbocycles. The SMILES string of the molecule is CC(C)(C)c1cc(-c2cc(-c3ccc4c(c3)CCC(F)(F)C4)ccn2)cc2ccccc12. The molecule has 0 saturated heterocycles. The molecule has 1 heterocycles. The van der Waals surface area contributed by atoms with Gasteiger partial charge in [-0.15, -0.1) is 0 Å². The number of pyridine rings is 1. The van der Waals surface area contributed by atoms with Gasteiger partial charge in [0.25, 0.3) is 5.92 Å². The Kier molecular flexibility index (Phi) is 4.88. The van der Waals surface area contributed by atoms with E-state index in [1.165, 1.54) is 16.3 Å². The topological polar surface area (TPSA) is 12.9 Å². The average molecular weight is 428 g/mol. The van der Waals surface area contributed by atoms with Gasteiger partial charge >= 0.3 is 0 Å². The summed E-state index contributed by atoms with van der Waals surface area (Å²) in [7, 11) is 0. The van der Waals surface area contributed by atoms with Gasteiger partial charge in [0.05, 0.1) is 5.69 Å². The molecule has 1 aromatic heterocycles. The lowest BCUT2D eigenvalue weighted by atomic mass is 9.82. The molecule has 0 amide bonds. The Hall–Kier alpha value is -3.07. The van der Waals surface area contributed by atoms with Crippen LogP contribution in [0.3, 0.4) is 0 Å². The number of hydrogen-bond acceptors (Lipinski definition) is 1. The summed E-state index contributed by atoms with van der Waals surface area (Å²) in [5.74, 6) is -2.58. The van der Waals surface area contributed by atoms with Crippen molar-refractivity contribution in [3.63, 3.8) is 0 Å². The molecule has 1 nitrogen and oxygen atoms in total. The second-order valence-electron chi connectivity index (χ2n) is 9.94. The fourth-order valence-corrected chi connectivity index (χ4v) is 4.74. The third-order valence-electron chi connectivity index (χ3n) is 6.47. The van der Waals surface area contributed by atoms with Gasteiger partial charge in [0.1, 0.15) is 0 Å². The normalized spacial score (nSPS) is 15.5. The number of aromatic nitrogens is 1. The molecule has 0 N–H and O–H groups in total. The molecule has 0 aliphatic heterocycles. The van der Waals surface area contributed by atoms with E-state index in [0.717, 1.165) is 33.5 Å². The van der Waals surface area contributed by atoms with Gasteiger partial charge < -0.3 is 0 Å². The lowest BCUT2D eigenvalue weighted by Gasteiger charge is -2.24. The Morgan fingerprint density at radius 2 is 1.59 bits per heavy atom. The number of hydrogen-bond donors (Lipinski definition) is 0. The number of nitrogens with zero attached hydrogens (tertiary/aromatic N) is 1. The molecule has 32 heavy (non-hydrogen) atoms. The Balaban J connectivity index is 1.58. The number of rotatable bonds is 2. The lowest BCUT2D eigenvalue weighted by molar-refractivity contribution is -0.0122. The summed E-state index contributed by atoms with van der Waals surface area (Å²) in [6.07, 6.45) is 2.03. The van der Waals surface area contributed by atoms with Crippen LogP contribution in [0.25, 0.3) is 33.2 Å². The number of halogens is 2. The highest BCUT2D eigenvalue weighted by Gasteiger charge is 2.33. The van der Waals surface area contributed by atoms with Gasteiger partial charge in [0, 0.05) is 24.6 Å². The summed E-state index contributed by atoms with van der Waals surface area (Å²) in [5.41, 5.74) is 7.23. The first-order valence-corrected chi connectivity index (χ1v) is 11.2. The maximum absolute atomic E-state index is 13.8. The number of fused-ring (bicyclic) bond motifs is 2. The van der Waals surface area contributed by atoms with E-state index in [0.29, 0.717) is 6.42 Å². The molecule has 0 bridgehead atoms. The molecule has 4 aromatic rings. The van der Waals surface area contributed by atoms with Crippen LogP contribution in [0.5, 0.6) is 0 Å². The molecule has 0 saturated carbocycles. The fourth-order valence-electron chi connectivity index (χ4n) is 4.74. The predicted molar refractivity (Wildman–Crippen MR) is 128 cm³/mol. The van der Waals surface area contributed by atoms with Crippen LogP contribution in [0.1, 0.15) is 43.9 Å². The minimum absolute atomic E-state index is 0.00772. The van der Waals surface area contributed by atoms with Crippen molar-refractivity contribution in [2.24, 2.45) is 0 Å². The van der Waals surface area contributed by atoms with Gasteiger partial charge in [0.15, 0.2) is 0 Å². The van der Waals surface area contributed by atoms with Crippen molar-refractivity contribution in [3.8, 4) is 22.4 Å². The summed E-state index contributed by atoms with van der Waals surface area (Å²) in [4.78, 5) is 4.67. The van der Waals surface area contributed by atoms with Crippen LogP contribution in [0.2, 0.25) is 0 Å². The molecule has 162 valence electrons. The third kappa shape index (κ3) is 3.92. The Labute approximate surface area is 188 Å². The molecule has 0 spiro atoms. The molecule has 0 atom stereocenters. The van der Waals surface area contributed by atoms with Crippen molar-refractivity contribution in [2.45, 2.75) is 51.4 Å². The quantitative estimate of drug-likeness (QED) is 0.316. The Bertz CT molecular complexity index is 1310. The molecule has 1 aliphatic carbocycles.